The fourth-order valence-electron chi connectivity index (χ4n) is 1.76. The minimum absolute atomic E-state index is 0.887. The van der Waals surface area contributed by atoms with Crippen LogP contribution in [-0.2, 0) is 0 Å². The number of rotatable bonds is 1. The van der Waals surface area contributed by atoms with Gasteiger partial charge in [0.05, 0.1) is 0 Å². The first-order valence-electron chi connectivity index (χ1n) is 5.99. The van der Waals surface area contributed by atoms with Crippen LogP contribution in [0.2, 0.25) is 0 Å². The highest BCUT2D eigenvalue weighted by molar-refractivity contribution is 5.35. The predicted octanol–water partition coefficient (Wildman–Crippen LogP) is 3.69. The zero-order valence-corrected chi connectivity index (χ0v) is 10.3. The quantitative estimate of drug-likeness (QED) is 0.663. The van der Waals surface area contributed by atoms with Crippen LogP contribution in [0.1, 0.15) is 46.0 Å². The maximum Gasteiger partial charge on any atom is 0.0339 e. The highest BCUT2D eigenvalue weighted by atomic mass is 14.5. The molecule has 1 heteroatoms. The SMILES string of the molecule is CCC#CCC1=CCC/C(=C\N)CC=C1C. The van der Waals surface area contributed by atoms with Crippen molar-refractivity contribution in [2.75, 3.05) is 0 Å². The van der Waals surface area contributed by atoms with Gasteiger partial charge in [-0.25, -0.2) is 0 Å². The molecule has 1 nitrogen and oxygen atoms in total. The van der Waals surface area contributed by atoms with Crippen LogP contribution in [-0.4, -0.2) is 0 Å². The first kappa shape index (κ1) is 12.6. The van der Waals surface area contributed by atoms with Gasteiger partial charge in [-0.3, -0.25) is 0 Å². The number of hydrogen-bond acceptors (Lipinski definition) is 1. The third kappa shape index (κ3) is 3.98. The van der Waals surface area contributed by atoms with Crippen molar-refractivity contribution in [2.45, 2.75) is 46.0 Å². The third-order valence-corrected chi connectivity index (χ3v) is 2.85. The molecule has 0 bridgehead atoms. The van der Waals surface area contributed by atoms with Gasteiger partial charge in [0.15, 0.2) is 0 Å². The van der Waals surface area contributed by atoms with E-state index in [9.17, 15) is 0 Å². The molecule has 0 saturated carbocycles. The molecule has 0 aromatic heterocycles. The van der Waals surface area contributed by atoms with E-state index in [2.05, 4.69) is 37.8 Å². The minimum atomic E-state index is 0.887. The van der Waals surface area contributed by atoms with Crippen LogP contribution < -0.4 is 5.73 Å². The average Bonchev–Trinajstić information content (AvgIpc) is 2.28. The van der Waals surface area contributed by atoms with Gasteiger partial charge in [-0.05, 0) is 38.0 Å². The molecule has 2 N–H and O–H groups in total. The van der Waals surface area contributed by atoms with E-state index in [4.69, 9.17) is 5.73 Å². The van der Waals surface area contributed by atoms with Crippen molar-refractivity contribution in [1.82, 2.24) is 0 Å². The topological polar surface area (TPSA) is 26.0 Å². The Bertz CT molecular complexity index is 372. The lowest BCUT2D eigenvalue weighted by Crippen LogP contribution is -1.94. The predicted molar refractivity (Wildman–Crippen MR) is 70.6 cm³/mol. The van der Waals surface area contributed by atoms with Crippen LogP contribution in [0.3, 0.4) is 0 Å². The molecule has 0 aliphatic heterocycles. The Morgan fingerprint density at radius 3 is 2.88 bits per heavy atom. The molecule has 0 heterocycles. The summed E-state index contributed by atoms with van der Waals surface area (Å²) in [4.78, 5) is 0. The Morgan fingerprint density at radius 2 is 2.19 bits per heavy atom. The fourth-order valence-corrected chi connectivity index (χ4v) is 1.76. The molecule has 0 fully saturated rings. The molecule has 1 rings (SSSR count). The fraction of sp³-hybridized carbons (Fsp3) is 0.467. The molecule has 0 aromatic carbocycles. The van der Waals surface area contributed by atoms with Gasteiger partial charge in [0, 0.05) is 12.8 Å². The molecule has 0 atom stereocenters. The highest BCUT2D eigenvalue weighted by Gasteiger charge is 2.03. The summed E-state index contributed by atoms with van der Waals surface area (Å²) >= 11 is 0. The molecule has 86 valence electrons. The van der Waals surface area contributed by atoms with Gasteiger partial charge in [-0.15, -0.1) is 5.92 Å². The molecule has 1 aliphatic rings. The molecule has 0 amide bonds. The van der Waals surface area contributed by atoms with Crippen LogP contribution in [0.4, 0.5) is 0 Å². The summed E-state index contributed by atoms with van der Waals surface area (Å²) in [5.41, 5.74) is 9.63. The number of allylic oxidation sites excluding steroid dienone is 5. The van der Waals surface area contributed by atoms with Crippen molar-refractivity contribution in [3.8, 4) is 11.8 Å². The first-order valence-corrected chi connectivity index (χ1v) is 5.99. The molecule has 0 aromatic rings. The third-order valence-electron chi connectivity index (χ3n) is 2.85. The first-order chi connectivity index (χ1) is 7.77. The maximum atomic E-state index is 5.57. The molecule has 0 unspecified atom stereocenters. The molecule has 0 saturated heterocycles. The number of nitrogens with two attached hydrogens (primary N) is 1. The van der Waals surface area contributed by atoms with E-state index in [-0.39, 0.29) is 0 Å². The Labute approximate surface area is 99.1 Å². The molecule has 0 spiro atoms. The van der Waals surface area contributed by atoms with Crippen molar-refractivity contribution in [2.24, 2.45) is 5.73 Å². The van der Waals surface area contributed by atoms with Gasteiger partial charge in [0.1, 0.15) is 0 Å². The van der Waals surface area contributed by atoms with Crippen molar-refractivity contribution in [3.63, 3.8) is 0 Å². The zero-order chi connectivity index (χ0) is 11.8. The van der Waals surface area contributed by atoms with Crippen LogP contribution in [0.5, 0.6) is 0 Å². The molecular weight excluding hydrogens is 194 g/mol. The second-order valence-electron chi connectivity index (χ2n) is 4.07. The molecule has 16 heavy (non-hydrogen) atoms. The Balaban J connectivity index is 2.71. The molecule has 1 aliphatic carbocycles. The van der Waals surface area contributed by atoms with E-state index >= 15 is 0 Å². The number of hydrogen-bond donors (Lipinski definition) is 1. The van der Waals surface area contributed by atoms with Crippen molar-refractivity contribution >= 4 is 0 Å². The van der Waals surface area contributed by atoms with Crippen molar-refractivity contribution in [1.29, 1.82) is 0 Å². The average molecular weight is 215 g/mol. The van der Waals surface area contributed by atoms with Gasteiger partial charge in [0.2, 0.25) is 0 Å². The summed E-state index contributed by atoms with van der Waals surface area (Å²) in [7, 11) is 0. The summed E-state index contributed by atoms with van der Waals surface area (Å²) in [6.07, 6.45) is 11.3. The lowest BCUT2D eigenvalue weighted by Gasteiger charge is -2.11. The van der Waals surface area contributed by atoms with E-state index in [0.717, 1.165) is 32.1 Å². The van der Waals surface area contributed by atoms with E-state index in [1.54, 1.807) is 6.20 Å². The van der Waals surface area contributed by atoms with E-state index in [0.29, 0.717) is 0 Å². The summed E-state index contributed by atoms with van der Waals surface area (Å²) in [5.74, 6) is 6.33. The van der Waals surface area contributed by atoms with Gasteiger partial charge in [-0.1, -0.05) is 36.1 Å². The van der Waals surface area contributed by atoms with E-state index < -0.39 is 0 Å². The van der Waals surface area contributed by atoms with Crippen molar-refractivity contribution in [3.05, 3.63) is 35.1 Å². The lowest BCUT2D eigenvalue weighted by molar-refractivity contribution is 0.907. The summed E-state index contributed by atoms with van der Waals surface area (Å²) in [5, 5.41) is 0. The maximum absolute atomic E-state index is 5.57. The van der Waals surface area contributed by atoms with Gasteiger partial charge < -0.3 is 5.73 Å². The molecule has 0 radical (unpaired) electrons. The smallest absolute Gasteiger partial charge is 0.0339 e. The highest BCUT2D eigenvalue weighted by Crippen LogP contribution is 2.22. The second kappa shape index (κ2) is 6.95. The van der Waals surface area contributed by atoms with Gasteiger partial charge in [-0.2, -0.15) is 0 Å². The van der Waals surface area contributed by atoms with E-state index in [1.165, 1.54) is 16.7 Å². The Hall–Kier alpha value is -1.42. The van der Waals surface area contributed by atoms with Gasteiger partial charge in [0.25, 0.3) is 0 Å². The van der Waals surface area contributed by atoms with Crippen LogP contribution in [0.15, 0.2) is 35.1 Å². The van der Waals surface area contributed by atoms with Crippen LogP contribution in [0, 0.1) is 11.8 Å². The minimum Gasteiger partial charge on any atom is -0.405 e. The van der Waals surface area contributed by atoms with Crippen LogP contribution in [0.25, 0.3) is 0 Å². The lowest BCUT2D eigenvalue weighted by atomic mass is 9.95. The van der Waals surface area contributed by atoms with Crippen LogP contribution >= 0.6 is 0 Å². The largest absolute Gasteiger partial charge is 0.405 e. The van der Waals surface area contributed by atoms with Gasteiger partial charge >= 0.3 is 0 Å². The molecular formula is C15H21N. The van der Waals surface area contributed by atoms with Crippen molar-refractivity contribution < 1.29 is 0 Å². The Morgan fingerprint density at radius 1 is 1.38 bits per heavy atom. The second-order valence-corrected chi connectivity index (χ2v) is 4.07. The normalized spacial score (nSPS) is 19.0. The summed E-state index contributed by atoms with van der Waals surface area (Å²) < 4.78 is 0. The zero-order valence-electron chi connectivity index (χ0n) is 10.3. The summed E-state index contributed by atoms with van der Waals surface area (Å²) in [6, 6.07) is 0. The van der Waals surface area contributed by atoms with E-state index in [1.807, 2.05) is 0 Å². The Kier molecular flexibility index (Phi) is 5.50. The summed E-state index contributed by atoms with van der Waals surface area (Å²) in [6.45, 7) is 4.25. The standard InChI is InChI=1S/C15H21N/c1-3-4-5-8-15-9-6-7-14(12-16)11-10-13(15)2/h9-10,12H,3,6-8,11,16H2,1-2H3/b13-10?,14-12+,15-9?. The monoisotopic (exact) mass is 215 g/mol.